The highest BCUT2D eigenvalue weighted by Crippen LogP contribution is 2.27. The topological polar surface area (TPSA) is 29.3 Å². The summed E-state index contributed by atoms with van der Waals surface area (Å²) in [5.74, 6) is 0.500. The van der Waals surface area contributed by atoms with Gasteiger partial charge in [0, 0.05) is 17.8 Å². The zero-order chi connectivity index (χ0) is 21.7. The fourth-order valence-corrected chi connectivity index (χ4v) is 3.54. The summed E-state index contributed by atoms with van der Waals surface area (Å²) in [6, 6.07) is 20.7. The maximum absolute atomic E-state index is 13.3. The number of hydrogen-bond acceptors (Lipinski definition) is 2. The highest BCUT2D eigenvalue weighted by molar-refractivity contribution is 5.78. The van der Waals surface area contributed by atoms with E-state index in [0.29, 0.717) is 0 Å². The zero-order valence-electron chi connectivity index (χ0n) is 18.0. The first kappa shape index (κ1) is 21.3. The van der Waals surface area contributed by atoms with Crippen molar-refractivity contribution in [1.82, 2.24) is 14.7 Å². The van der Waals surface area contributed by atoms with Crippen LogP contribution < -0.4 is 5.32 Å². The molecule has 0 saturated heterocycles. The average Bonchev–Trinajstić information content (AvgIpc) is 3.16. The largest absolute Gasteiger partial charge is 0.377 e. The highest BCUT2D eigenvalue weighted by Gasteiger charge is 2.17. The number of fused-ring (bicyclic) bond motifs is 1. The Balaban J connectivity index is 0.00000124. The van der Waals surface area contributed by atoms with E-state index in [-0.39, 0.29) is 11.9 Å². The molecule has 0 aliphatic rings. The van der Waals surface area contributed by atoms with Crippen LogP contribution in [-0.2, 0) is 0 Å². The monoisotopic (exact) mass is 401 g/mol. The summed E-state index contributed by atoms with van der Waals surface area (Å²) in [6.07, 6.45) is 1.96. The van der Waals surface area contributed by atoms with Crippen LogP contribution in [0.1, 0.15) is 43.6 Å². The number of imidazole rings is 1. The molecule has 1 atom stereocenters. The number of nitrogens with one attached hydrogen (secondary N) is 1. The minimum Gasteiger partial charge on any atom is -0.377 e. The van der Waals surface area contributed by atoms with Crippen molar-refractivity contribution in [1.29, 1.82) is 0 Å². The summed E-state index contributed by atoms with van der Waals surface area (Å²) in [7, 11) is 0. The van der Waals surface area contributed by atoms with Gasteiger partial charge in [-0.15, -0.1) is 0 Å². The number of pyridine rings is 1. The van der Waals surface area contributed by atoms with Crippen molar-refractivity contribution in [3.8, 4) is 11.4 Å². The van der Waals surface area contributed by atoms with E-state index in [2.05, 4.69) is 37.9 Å². The van der Waals surface area contributed by atoms with Crippen molar-refractivity contribution < 1.29 is 4.39 Å². The second-order valence-electron chi connectivity index (χ2n) is 6.95. The molecule has 0 fully saturated rings. The van der Waals surface area contributed by atoms with Crippen molar-refractivity contribution in [2.45, 2.75) is 33.7 Å². The molecular formula is C26H28FN3. The van der Waals surface area contributed by atoms with Crippen LogP contribution in [0.4, 0.5) is 4.39 Å². The van der Waals surface area contributed by atoms with Gasteiger partial charge in [-0.05, 0) is 61.4 Å². The lowest BCUT2D eigenvalue weighted by Gasteiger charge is -2.18. The number of rotatable bonds is 5. The highest BCUT2D eigenvalue weighted by atomic mass is 19.1. The Labute approximate surface area is 177 Å². The summed E-state index contributed by atoms with van der Waals surface area (Å²) in [6.45, 7) is 12.5. The molecule has 154 valence electrons. The van der Waals surface area contributed by atoms with Crippen LogP contribution in [0.3, 0.4) is 0 Å². The third-order valence-corrected chi connectivity index (χ3v) is 4.98. The second-order valence-corrected chi connectivity index (χ2v) is 6.95. The van der Waals surface area contributed by atoms with E-state index < -0.39 is 0 Å². The normalized spacial score (nSPS) is 11.5. The first-order valence-corrected chi connectivity index (χ1v) is 10.3. The van der Waals surface area contributed by atoms with Gasteiger partial charge in [0.1, 0.15) is 17.3 Å². The van der Waals surface area contributed by atoms with Gasteiger partial charge in [-0.25, -0.2) is 9.37 Å². The van der Waals surface area contributed by atoms with Gasteiger partial charge in [0.2, 0.25) is 0 Å². The molecule has 0 aliphatic carbocycles. The van der Waals surface area contributed by atoms with E-state index in [4.69, 9.17) is 4.98 Å². The molecule has 0 bridgehead atoms. The Morgan fingerprint density at radius 3 is 2.37 bits per heavy atom. The summed E-state index contributed by atoms with van der Waals surface area (Å²) in [5.41, 5.74) is 5.82. The quantitative estimate of drug-likeness (QED) is 0.399. The van der Waals surface area contributed by atoms with Crippen LogP contribution in [-0.4, -0.2) is 9.38 Å². The van der Waals surface area contributed by atoms with Crippen molar-refractivity contribution in [3.63, 3.8) is 0 Å². The molecule has 0 aliphatic heterocycles. The van der Waals surface area contributed by atoms with Gasteiger partial charge in [-0.3, -0.25) is 4.40 Å². The first-order chi connectivity index (χ1) is 14.5. The molecule has 1 unspecified atom stereocenters. The lowest BCUT2D eigenvalue weighted by molar-refractivity contribution is 0.628. The van der Waals surface area contributed by atoms with E-state index in [0.717, 1.165) is 28.3 Å². The Hall–Kier alpha value is -3.40. The van der Waals surface area contributed by atoms with Gasteiger partial charge in [0.05, 0.1) is 11.2 Å². The fourth-order valence-electron chi connectivity index (χ4n) is 3.54. The number of halogens is 1. The van der Waals surface area contributed by atoms with Gasteiger partial charge in [0.15, 0.2) is 0 Å². The molecule has 0 amide bonds. The molecule has 30 heavy (non-hydrogen) atoms. The fraction of sp³-hybridized carbons (Fsp3) is 0.192. The minimum atomic E-state index is -0.261. The van der Waals surface area contributed by atoms with Crippen LogP contribution in [0.25, 0.3) is 22.6 Å². The number of aromatic nitrogens is 2. The third-order valence-electron chi connectivity index (χ3n) is 4.98. The standard InChI is InChI=1S/C24H22FN3.C2H6/c1-16-8-4-5-9-21(16)17(2)26-18(3)23-22-10-6-7-15-28(22)24(27-23)19-11-13-20(25)14-12-19;1-2/h4-15,17,26H,3H2,1-2H3;1-2H3. The van der Waals surface area contributed by atoms with E-state index in [1.165, 1.54) is 23.3 Å². The Morgan fingerprint density at radius 1 is 1.00 bits per heavy atom. The van der Waals surface area contributed by atoms with Crippen LogP contribution in [0.15, 0.2) is 79.5 Å². The lowest BCUT2D eigenvalue weighted by Crippen LogP contribution is -2.17. The van der Waals surface area contributed by atoms with Crippen LogP contribution in [0.2, 0.25) is 0 Å². The molecule has 0 saturated carbocycles. The molecule has 0 radical (unpaired) electrons. The second kappa shape index (κ2) is 9.40. The maximum Gasteiger partial charge on any atom is 0.145 e. The smallest absolute Gasteiger partial charge is 0.145 e. The molecule has 0 spiro atoms. The molecule has 1 N–H and O–H groups in total. The number of hydrogen-bond donors (Lipinski definition) is 1. The predicted octanol–water partition coefficient (Wildman–Crippen LogP) is 6.80. The Kier molecular flexibility index (Phi) is 6.68. The third kappa shape index (κ3) is 4.28. The molecule has 2 aromatic heterocycles. The van der Waals surface area contributed by atoms with Gasteiger partial charge < -0.3 is 5.32 Å². The van der Waals surface area contributed by atoms with E-state index >= 15 is 0 Å². The van der Waals surface area contributed by atoms with Crippen molar-refractivity contribution >= 4 is 11.2 Å². The van der Waals surface area contributed by atoms with Crippen LogP contribution in [0, 0.1) is 12.7 Å². The van der Waals surface area contributed by atoms with Gasteiger partial charge in [0.25, 0.3) is 0 Å². The molecular weight excluding hydrogens is 373 g/mol. The average molecular weight is 402 g/mol. The summed E-state index contributed by atoms with van der Waals surface area (Å²) >= 11 is 0. The minimum absolute atomic E-state index is 0.100. The Bertz CT molecular complexity index is 1140. The Morgan fingerprint density at radius 2 is 1.67 bits per heavy atom. The van der Waals surface area contributed by atoms with Crippen LogP contribution in [0.5, 0.6) is 0 Å². The van der Waals surface area contributed by atoms with Crippen molar-refractivity contribution in [2.24, 2.45) is 0 Å². The van der Waals surface area contributed by atoms with Crippen molar-refractivity contribution in [3.05, 3.63) is 102 Å². The van der Waals surface area contributed by atoms with Crippen LogP contribution >= 0.6 is 0 Å². The summed E-state index contributed by atoms with van der Waals surface area (Å²) < 4.78 is 15.3. The number of nitrogens with zero attached hydrogens (tertiary/aromatic N) is 2. The predicted molar refractivity (Wildman–Crippen MR) is 124 cm³/mol. The van der Waals surface area contributed by atoms with Gasteiger partial charge in [-0.1, -0.05) is 50.8 Å². The SMILES string of the molecule is C=C(NC(C)c1ccccc1C)c1nc(-c2ccc(F)cc2)n2ccccc12.CC. The number of benzene rings is 2. The van der Waals surface area contributed by atoms with Crippen molar-refractivity contribution in [2.75, 3.05) is 0 Å². The maximum atomic E-state index is 13.3. The molecule has 4 rings (SSSR count). The molecule has 3 nitrogen and oxygen atoms in total. The van der Waals surface area contributed by atoms with E-state index in [1.807, 2.05) is 54.8 Å². The van der Waals surface area contributed by atoms with Gasteiger partial charge >= 0.3 is 0 Å². The first-order valence-electron chi connectivity index (χ1n) is 10.3. The molecule has 2 aromatic carbocycles. The van der Waals surface area contributed by atoms with E-state index in [9.17, 15) is 4.39 Å². The number of aryl methyl sites for hydroxylation is 1. The molecule has 4 heteroatoms. The lowest BCUT2D eigenvalue weighted by atomic mass is 10.0. The molecule has 4 aromatic rings. The van der Waals surface area contributed by atoms with Gasteiger partial charge in [-0.2, -0.15) is 0 Å². The molecule has 2 heterocycles. The summed E-state index contributed by atoms with van der Waals surface area (Å²) in [4.78, 5) is 4.84. The summed E-state index contributed by atoms with van der Waals surface area (Å²) in [5, 5.41) is 3.49. The van der Waals surface area contributed by atoms with E-state index in [1.54, 1.807) is 12.1 Å². The zero-order valence-corrected chi connectivity index (χ0v) is 18.0.